The average molecular weight is 223 g/mol. The summed E-state index contributed by atoms with van der Waals surface area (Å²) in [6.07, 6.45) is 1.01. The van der Waals surface area contributed by atoms with Crippen LogP contribution in [-0.4, -0.2) is 18.4 Å². The average Bonchev–Trinajstić information content (AvgIpc) is 2.28. The van der Waals surface area contributed by atoms with Crippen LogP contribution in [0.25, 0.3) is 11.0 Å². The van der Waals surface area contributed by atoms with Gasteiger partial charge in [0.05, 0.1) is 21.8 Å². The lowest BCUT2D eigenvalue weighted by Gasteiger charge is -1.97. The maximum absolute atomic E-state index is 11.1. The second-order valence-corrected chi connectivity index (χ2v) is 4.26. The molecule has 0 fully saturated rings. The number of nitroso groups, excluding NO2 is 1. The first-order valence-electron chi connectivity index (χ1n) is 3.95. The van der Waals surface area contributed by atoms with Crippen molar-refractivity contribution in [2.24, 2.45) is 4.58 Å². The Morgan fingerprint density at radius 3 is 2.47 bits per heavy atom. The molecular formula is C8H5N3O3S. The first-order valence-corrected chi connectivity index (χ1v) is 5.39. The third-order valence-corrected chi connectivity index (χ3v) is 2.71. The fourth-order valence-corrected chi connectivity index (χ4v) is 1.58. The van der Waals surface area contributed by atoms with Crippen molar-refractivity contribution in [1.82, 2.24) is 9.97 Å². The van der Waals surface area contributed by atoms with Crippen LogP contribution >= 0.6 is 0 Å². The molecule has 7 heteroatoms. The van der Waals surface area contributed by atoms with Gasteiger partial charge in [-0.3, -0.25) is 4.98 Å². The highest BCUT2D eigenvalue weighted by molar-refractivity contribution is 7.89. The molecule has 0 amide bonds. The molecule has 0 aliphatic carbocycles. The first kappa shape index (κ1) is 9.66. The van der Waals surface area contributed by atoms with Crippen LogP contribution in [0.5, 0.6) is 0 Å². The molecule has 6 nitrogen and oxygen atoms in total. The van der Waals surface area contributed by atoms with Gasteiger partial charge in [0.25, 0.3) is 0 Å². The van der Waals surface area contributed by atoms with Crippen molar-refractivity contribution in [3.63, 3.8) is 0 Å². The van der Waals surface area contributed by atoms with Crippen LogP contribution in [0.4, 0.5) is 0 Å². The standard InChI is InChI=1S/C8H5N3O3S/c12-11-15(13,14)8-5-9-6-3-1-2-4-7(6)10-8/h1-5H. The molecule has 1 heterocycles. The highest BCUT2D eigenvalue weighted by atomic mass is 32.2. The molecule has 0 unspecified atom stereocenters. The van der Waals surface area contributed by atoms with E-state index < -0.39 is 15.0 Å². The molecule has 0 aliphatic heterocycles. The Bertz CT molecular complexity index is 624. The fraction of sp³-hybridized carbons (Fsp3) is 0. The Morgan fingerprint density at radius 2 is 1.80 bits per heavy atom. The number of nitrogens with zero attached hydrogens (tertiary/aromatic N) is 3. The molecule has 0 radical (unpaired) electrons. The first-order chi connectivity index (χ1) is 7.13. The van der Waals surface area contributed by atoms with Gasteiger partial charge in [-0.2, -0.15) is 8.42 Å². The predicted octanol–water partition coefficient (Wildman–Crippen LogP) is 1.08. The Labute approximate surface area is 85.0 Å². The number of fused-ring (bicyclic) bond motifs is 1. The summed E-state index contributed by atoms with van der Waals surface area (Å²) in [4.78, 5) is 17.7. The van der Waals surface area contributed by atoms with Gasteiger partial charge in [0.15, 0.2) is 5.03 Å². The molecule has 0 spiro atoms. The normalized spacial score (nSPS) is 11.5. The highest BCUT2D eigenvalue weighted by Gasteiger charge is 2.16. The second kappa shape index (κ2) is 3.35. The zero-order valence-corrected chi connectivity index (χ0v) is 8.18. The van der Waals surface area contributed by atoms with Gasteiger partial charge in [-0.05, 0) is 12.1 Å². The lowest BCUT2D eigenvalue weighted by atomic mass is 10.3. The summed E-state index contributed by atoms with van der Waals surface area (Å²) in [6.45, 7) is 0. The molecular weight excluding hydrogens is 218 g/mol. The van der Waals surface area contributed by atoms with E-state index in [9.17, 15) is 13.3 Å². The van der Waals surface area contributed by atoms with Crippen LogP contribution < -0.4 is 0 Å². The molecule has 1 aromatic heterocycles. The van der Waals surface area contributed by atoms with Crippen molar-refractivity contribution in [1.29, 1.82) is 0 Å². The molecule has 76 valence electrons. The smallest absolute Gasteiger partial charge is 0.252 e. The number of hydrogen-bond donors (Lipinski definition) is 0. The summed E-state index contributed by atoms with van der Waals surface area (Å²) in [5.41, 5.74) is 0.963. The van der Waals surface area contributed by atoms with Gasteiger partial charge in [0.1, 0.15) is 0 Å². The number of hydrogen-bond acceptors (Lipinski definition) is 5. The topological polar surface area (TPSA) is 89.4 Å². The van der Waals surface area contributed by atoms with E-state index in [0.717, 1.165) is 6.20 Å². The van der Waals surface area contributed by atoms with E-state index in [1.54, 1.807) is 24.3 Å². The number of rotatable bonds is 2. The maximum atomic E-state index is 11.1. The molecule has 0 bridgehead atoms. The van der Waals surface area contributed by atoms with Crippen LogP contribution in [0.3, 0.4) is 0 Å². The molecule has 2 aromatic rings. The Morgan fingerprint density at radius 1 is 1.13 bits per heavy atom. The molecule has 2 rings (SSSR count). The van der Waals surface area contributed by atoms with Crippen LogP contribution in [0.2, 0.25) is 0 Å². The summed E-state index contributed by atoms with van der Waals surface area (Å²) >= 11 is 0. The van der Waals surface area contributed by atoms with Crippen molar-refractivity contribution in [3.05, 3.63) is 35.4 Å². The third-order valence-electron chi connectivity index (χ3n) is 1.79. The summed E-state index contributed by atoms with van der Waals surface area (Å²) in [7, 11) is -4.19. The quantitative estimate of drug-likeness (QED) is 0.711. The minimum Gasteiger partial charge on any atom is -0.252 e. The number of aromatic nitrogens is 2. The van der Waals surface area contributed by atoms with Gasteiger partial charge < -0.3 is 0 Å². The monoisotopic (exact) mass is 223 g/mol. The number of benzene rings is 1. The largest absolute Gasteiger partial charge is 0.335 e. The van der Waals surface area contributed by atoms with E-state index in [4.69, 9.17) is 0 Å². The van der Waals surface area contributed by atoms with Crippen LogP contribution in [0.15, 0.2) is 40.1 Å². The maximum Gasteiger partial charge on any atom is 0.335 e. The lowest BCUT2D eigenvalue weighted by Crippen LogP contribution is -2.00. The Kier molecular flexibility index (Phi) is 2.16. The molecule has 0 aliphatic rings. The van der Waals surface area contributed by atoms with E-state index in [-0.39, 0.29) is 0 Å². The zero-order chi connectivity index (χ0) is 10.9. The Hall–Kier alpha value is -1.89. The van der Waals surface area contributed by atoms with Gasteiger partial charge >= 0.3 is 10.0 Å². The number of para-hydroxylation sites is 2. The molecule has 0 saturated carbocycles. The summed E-state index contributed by atoms with van der Waals surface area (Å²) in [6, 6.07) is 6.74. The fourth-order valence-electron chi connectivity index (χ4n) is 1.10. The van der Waals surface area contributed by atoms with Crippen LogP contribution in [0.1, 0.15) is 0 Å². The van der Waals surface area contributed by atoms with Gasteiger partial charge in [-0.1, -0.05) is 12.1 Å². The van der Waals surface area contributed by atoms with E-state index in [1.165, 1.54) is 0 Å². The molecule has 1 aromatic carbocycles. The highest BCUT2D eigenvalue weighted by Crippen LogP contribution is 2.13. The minimum absolute atomic E-state index is 0.405. The van der Waals surface area contributed by atoms with Crippen molar-refractivity contribution < 1.29 is 8.42 Å². The van der Waals surface area contributed by atoms with Crippen molar-refractivity contribution in [2.45, 2.75) is 5.03 Å². The van der Waals surface area contributed by atoms with Gasteiger partial charge in [-0.25, -0.2) is 4.98 Å². The predicted molar refractivity (Wildman–Crippen MR) is 52.5 cm³/mol. The lowest BCUT2D eigenvalue weighted by molar-refractivity contribution is 0.594. The number of sulfonamides is 1. The third kappa shape index (κ3) is 1.68. The van der Waals surface area contributed by atoms with Crippen LogP contribution in [0, 0.1) is 4.91 Å². The van der Waals surface area contributed by atoms with Gasteiger partial charge in [-0.15, -0.1) is 4.91 Å². The zero-order valence-electron chi connectivity index (χ0n) is 7.36. The summed E-state index contributed by atoms with van der Waals surface area (Å²) in [5.74, 6) is 0. The van der Waals surface area contributed by atoms with Crippen molar-refractivity contribution in [2.75, 3.05) is 0 Å². The molecule has 0 N–H and O–H groups in total. The van der Waals surface area contributed by atoms with E-state index in [1.807, 2.05) is 4.58 Å². The molecule has 15 heavy (non-hydrogen) atoms. The molecule has 0 atom stereocenters. The molecule has 0 saturated heterocycles. The van der Waals surface area contributed by atoms with Crippen LogP contribution in [-0.2, 0) is 10.0 Å². The Balaban J connectivity index is 2.72. The minimum atomic E-state index is -4.19. The second-order valence-electron chi connectivity index (χ2n) is 2.75. The van der Waals surface area contributed by atoms with E-state index in [0.29, 0.717) is 11.0 Å². The van der Waals surface area contributed by atoms with Gasteiger partial charge in [0.2, 0.25) is 0 Å². The summed E-state index contributed by atoms with van der Waals surface area (Å²) in [5, 5.41) is -0.434. The van der Waals surface area contributed by atoms with E-state index in [2.05, 4.69) is 9.97 Å². The van der Waals surface area contributed by atoms with Gasteiger partial charge in [0, 0.05) is 0 Å². The van der Waals surface area contributed by atoms with E-state index >= 15 is 0 Å². The summed E-state index contributed by atoms with van der Waals surface area (Å²) < 4.78 is 24.1. The van der Waals surface area contributed by atoms with Crippen molar-refractivity contribution in [3.8, 4) is 0 Å². The SMILES string of the molecule is O=NS(=O)(=O)c1cnc2ccccc2n1. The van der Waals surface area contributed by atoms with Crippen molar-refractivity contribution >= 4 is 21.1 Å².